The molecule has 0 unspecified atom stereocenters. The van der Waals surface area contributed by atoms with Crippen molar-refractivity contribution < 1.29 is 9.18 Å². The zero-order valence-electron chi connectivity index (χ0n) is 15.3. The summed E-state index contributed by atoms with van der Waals surface area (Å²) < 4.78 is 13.1. The number of carbonyl (C=O) groups excluding carboxylic acids is 1. The monoisotopic (exact) mass is 377 g/mol. The van der Waals surface area contributed by atoms with Crippen molar-refractivity contribution in [3.05, 3.63) is 78.2 Å². The Bertz CT molecular complexity index is 923. The van der Waals surface area contributed by atoms with Crippen molar-refractivity contribution in [3.8, 4) is 0 Å². The lowest BCUT2D eigenvalue weighted by Gasteiger charge is -2.35. The molecule has 0 aliphatic carbocycles. The average molecular weight is 377 g/mol. The molecule has 4 rings (SSSR count). The van der Waals surface area contributed by atoms with E-state index in [4.69, 9.17) is 0 Å². The number of hydrogen-bond acceptors (Lipinski definition) is 5. The molecule has 1 aliphatic rings. The van der Waals surface area contributed by atoms with Crippen LogP contribution in [0.25, 0.3) is 0 Å². The first-order chi connectivity index (χ1) is 13.7. The molecule has 2 aromatic carbocycles. The van der Waals surface area contributed by atoms with E-state index in [1.165, 1.54) is 12.1 Å². The summed E-state index contributed by atoms with van der Waals surface area (Å²) in [7, 11) is 0. The van der Waals surface area contributed by atoms with Gasteiger partial charge in [0.05, 0.1) is 0 Å². The summed E-state index contributed by atoms with van der Waals surface area (Å²) in [6, 6.07) is 19.5. The zero-order valence-corrected chi connectivity index (χ0v) is 15.3. The molecule has 0 saturated carbocycles. The molecule has 2 heterocycles. The number of hydrogen-bond donors (Lipinski definition) is 1. The molecule has 1 amide bonds. The number of halogens is 1. The predicted octanol–water partition coefficient (Wildman–Crippen LogP) is 3.32. The predicted molar refractivity (Wildman–Crippen MR) is 106 cm³/mol. The maximum Gasteiger partial charge on any atom is 0.274 e. The maximum atomic E-state index is 13.1. The molecule has 1 aromatic heterocycles. The van der Waals surface area contributed by atoms with E-state index in [0.717, 1.165) is 11.4 Å². The Balaban J connectivity index is 1.35. The van der Waals surface area contributed by atoms with Gasteiger partial charge < -0.3 is 15.1 Å². The molecular weight excluding hydrogens is 357 g/mol. The largest absolute Gasteiger partial charge is 0.368 e. The van der Waals surface area contributed by atoms with Crippen LogP contribution in [-0.4, -0.2) is 47.2 Å². The number of aromatic nitrogens is 2. The van der Waals surface area contributed by atoms with Gasteiger partial charge in [0, 0.05) is 37.6 Å². The van der Waals surface area contributed by atoms with Gasteiger partial charge in [-0.3, -0.25) is 4.79 Å². The van der Waals surface area contributed by atoms with Crippen molar-refractivity contribution in [2.24, 2.45) is 0 Å². The number of rotatable bonds is 4. The number of anilines is 3. The highest BCUT2D eigenvalue weighted by molar-refractivity contribution is 5.92. The summed E-state index contributed by atoms with van der Waals surface area (Å²) in [5, 5.41) is 11.3. The quantitative estimate of drug-likeness (QED) is 0.756. The number of para-hydroxylation sites is 1. The number of carbonyl (C=O) groups is 1. The second-order valence-corrected chi connectivity index (χ2v) is 6.55. The lowest BCUT2D eigenvalue weighted by molar-refractivity contribution is 0.0739. The van der Waals surface area contributed by atoms with Gasteiger partial charge >= 0.3 is 0 Å². The third-order valence-electron chi connectivity index (χ3n) is 4.69. The minimum atomic E-state index is -0.249. The highest BCUT2D eigenvalue weighted by atomic mass is 19.1. The number of benzene rings is 2. The molecule has 1 N–H and O–H groups in total. The van der Waals surface area contributed by atoms with Crippen LogP contribution >= 0.6 is 0 Å². The molecule has 0 radical (unpaired) electrons. The minimum Gasteiger partial charge on any atom is -0.368 e. The van der Waals surface area contributed by atoms with E-state index in [1.807, 2.05) is 30.3 Å². The second-order valence-electron chi connectivity index (χ2n) is 6.55. The van der Waals surface area contributed by atoms with Gasteiger partial charge in [0.25, 0.3) is 5.91 Å². The Morgan fingerprint density at radius 3 is 2.21 bits per heavy atom. The van der Waals surface area contributed by atoms with Crippen LogP contribution in [0.1, 0.15) is 10.5 Å². The fraction of sp³-hybridized carbons (Fsp3) is 0.190. The lowest BCUT2D eigenvalue weighted by atomic mass is 10.2. The molecule has 6 nitrogen and oxygen atoms in total. The van der Waals surface area contributed by atoms with Crippen LogP contribution in [0.5, 0.6) is 0 Å². The Hall–Kier alpha value is -3.48. The first kappa shape index (κ1) is 17.9. The molecule has 1 saturated heterocycles. The van der Waals surface area contributed by atoms with Crippen LogP contribution in [0, 0.1) is 5.82 Å². The zero-order chi connectivity index (χ0) is 19.3. The summed E-state index contributed by atoms with van der Waals surface area (Å²) in [5.74, 6) is 0.211. The second kappa shape index (κ2) is 8.04. The minimum absolute atomic E-state index is 0.127. The fourth-order valence-electron chi connectivity index (χ4n) is 3.16. The molecule has 28 heavy (non-hydrogen) atoms. The van der Waals surface area contributed by atoms with Gasteiger partial charge in [-0.05, 0) is 48.5 Å². The number of piperazine rings is 1. The first-order valence-corrected chi connectivity index (χ1v) is 9.15. The smallest absolute Gasteiger partial charge is 0.274 e. The van der Waals surface area contributed by atoms with E-state index in [1.54, 1.807) is 29.2 Å². The normalized spacial score (nSPS) is 14.0. The number of amides is 1. The molecule has 0 spiro atoms. The van der Waals surface area contributed by atoms with Crippen molar-refractivity contribution in [1.29, 1.82) is 0 Å². The van der Waals surface area contributed by atoms with E-state index in [9.17, 15) is 9.18 Å². The molecule has 3 aromatic rings. The molecule has 0 bridgehead atoms. The maximum absolute atomic E-state index is 13.1. The van der Waals surface area contributed by atoms with Crippen molar-refractivity contribution in [3.63, 3.8) is 0 Å². The van der Waals surface area contributed by atoms with Crippen LogP contribution in [-0.2, 0) is 0 Å². The number of nitrogens with one attached hydrogen (secondary N) is 1. The van der Waals surface area contributed by atoms with Crippen LogP contribution in [0.15, 0.2) is 66.7 Å². The first-order valence-electron chi connectivity index (χ1n) is 9.15. The molecule has 142 valence electrons. The molecule has 7 heteroatoms. The summed E-state index contributed by atoms with van der Waals surface area (Å²) in [4.78, 5) is 16.6. The van der Waals surface area contributed by atoms with Gasteiger partial charge in [-0.25, -0.2) is 4.39 Å². The van der Waals surface area contributed by atoms with Crippen molar-refractivity contribution in [2.75, 3.05) is 36.4 Å². The molecule has 1 fully saturated rings. The Labute approximate surface area is 162 Å². The van der Waals surface area contributed by atoms with Crippen molar-refractivity contribution in [2.45, 2.75) is 0 Å². The van der Waals surface area contributed by atoms with Gasteiger partial charge in [-0.2, -0.15) is 0 Å². The van der Waals surface area contributed by atoms with Gasteiger partial charge in [-0.1, -0.05) is 18.2 Å². The molecule has 1 aliphatic heterocycles. The lowest BCUT2D eigenvalue weighted by Crippen LogP contribution is -2.49. The van der Waals surface area contributed by atoms with Crippen LogP contribution in [0.2, 0.25) is 0 Å². The van der Waals surface area contributed by atoms with E-state index in [2.05, 4.69) is 20.4 Å². The van der Waals surface area contributed by atoms with E-state index >= 15 is 0 Å². The highest BCUT2D eigenvalue weighted by Gasteiger charge is 2.23. The summed E-state index contributed by atoms with van der Waals surface area (Å²) in [5.41, 5.74) is 2.20. The third kappa shape index (κ3) is 4.09. The van der Waals surface area contributed by atoms with Crippen molar-refractivity contribution in [1.82, 2.24) is 15.1 Å². The van der Waals surface area contributed by atoms with E-state index in [0.29, 0.717) is 37.7 Å². The SMILES string of the molecule is O=C(c1ccc(Nc2ccccc2)nn1)N1CCN(c2ccc(F)cc2)CC1. The Kier molecular flexibility index (Phi) is 5.14. The van der Waals surface area contributed by atoms with Gasteiger partial charge in [0.2, 0.25) is 0 Å². The number of nitrogens with zero attached hydrogens (tertiary/aromatic N) is 4. The summed E-state index contributed by atoms with van der Waals surface area (Å²) in [6.45, 7) is 2.56. The average Bonchev–Trinajstić information content (AvgIpc) is 2.75. The fourth-order valence-corrected chi connectivity index (χ4v) is 3.16. The van der Waals surface area contributed by atoms with Crippen LogP contribution < -0.4 is 10.2 Å². The highest BCUT2D eigenvalue weighted by Crippen LogP contribution is 2.18. The molecule has 0 atom stereocenters. The standard InChI is InChI=1S/C21H20FN5O/c22-16-6-8-18(9-7-16)26-12-14-27(15-13-26)21(28)19-10-11-20(25-24-19)23-17-4-2-1-3-5-17/h1-11H,12-15H2,(H,23,25). The summed E-state index contributed by atoms with van der Waals surface area (Å²) >= 11 is 0. The van der Waals surface area contributed by atoms with E-state index in [-0.39, 0.29) is 11.7 Å². The Morgan fingerprint density at radius 1 is 0.857 bits per heavy atom. The van der Waals surface area contributed by atoms with E-state index < -0.39 is 0 Å². The molecular formula is C21H20FN5O. The Morgan fingerprint density at radius 2 is 1.57 bits per heavy atom. The van der Waals surface area contributed by atoms with Crippen LogP contribution in [0.4, 0.5) is 21.6 Å². The van der Waals surface area contributed by atoms with Gasteiger partial charge in [0.1, 0.15) is 5.82 Å². The summed E-state index contributed by atoms with van der Waals surface area (Å²) in [6.07, 6.45) is 0. The van der Waals surface area contributed by atoms with Gasteiger partial charge in [-0.15, -0.1) is 10.2 Å². The van der Waals surface area contributed by atoms with Crippen molar-refractivity contribution >= 4 is 23.1 Å². The topological polar surface area (TPSA) is 61.4 Å². The van der Waals surface area contributed by atoms with Crippen LogP contribution in [0.3, 0.4) is 0 Å². The third-order valence-corrected chi connectivity index (χ3v) is 4.69. The van der Waals surface area contributed by atoms with Gasteiger partial charge in [0.15, 0.2) is 11.5 Å².